The van der Waals surface area contributed by atoms with Crippen molar-refractivity contribution in [1.29, 1.82) is 0 Å². The van der Waals surface area contributed by atoms with Gasteiger partial charge in [0.05, 0.1) is 22.6 Å². The molecule has 0 N–H and O–H groups in total. The Balaban J connectivity index is 1.74. The lowest BCUT2D eigenvalue weighted by Crippen LogP contribution is -2.26. The van der Waals surface area contributed by atoms with E-state index < -0.39 is 16.0 Å². The van der Waals surface area contributed by atoms with Crippen LogP contribution >= 0.6 is 22.9 Å². The minimum absolute atomic E-state index is 0.00514. The number of hydrogen-bond acceptors (Lipinski definition) is 9. The van der Waals surface area contributed by atoms with Crippen molar-refractivity contribution in [1.82, 2.24) is 14.6 Å². The molecule has 0 aliphatic rings. The number of carbonyl (C=O) groups is 1. The smallest absolute Gasteiger partial charge is 0.338 e. The molecule has 0 saturated heterocycles. The summed E-state index contributed by atoms with van der Waals surface area (Å²) >= 11 is 7.40. The summed E-state index contributed by atoms with van der Waals surface area (Å²) < 4.78 is 35.6. The molecule has 0 unspecified atom stereocenters. The first-order chi connectivity index (χ1) is 13.3. The highest BCUT2D eigenvalue weighted by Crippen LogP contribution is 2.26. The van der Waals surface area contributed by atoms with Gasteiger partial charge in [0.1, 0.15) is 4.90 Å². The van der Waals surface area contributed by atoms with Gasteiger partial charge in [0.2, 0.25) is 5.82 Å². The summed E-state index contributed by atoms with van der Waals surface area (Å²) in [7, 11) is -1.63. The van der Waals surface area contributed by atoms with E-state index in [4.69, 9.17) is 25.7 Å². The standard InChI is InChI=1S/C16H14ClN3O6S2/c1-20(24-2)28(22,23)13-8-10(5-6-11(13)17)16(21)25-9-14-18-15(26-19-14)12-4-3-7-27-12/h3-8H,9H2,1-2H3. The number of rotatable bonds is 7. The van der Waals surface area contributed by atoms with Crippen molar-refractivity contribution in [2.45, 2.75) is 11.5 Å². The first-order valence-corrected chi connectivity index (χ1v) is 10.4. The normalized spacial score (nSPS) is 11.7. The van der Waals surface area contributed by atoms with Crippen LogP contribution in [0.3, 0.4) is 0 Å². The molecular weight excluding hydrogens is 430 g/mol. The first-order valence-electron chi connectivity index (χ1n) is 7.69. The van der Waals surface area contributed by atoms with Crippen LogP contribution in [0.5, 0.6) is 0 Å². The second-order valence-corrected chi connectivity index (χ2v) is 8.57. The molecule has 0 atom stereocenters. The molecule has 28 heavy (non-hydrogen) atoms. The van der Waals surface area contributed by atoms with E-state index >= 15 is 0 Å². The summed E-state index contributed by atoms with van der Waals surface area (Å²) in [6, 6.07) is 7.42. The number of ether oxygens (including phenoxy) is 1. The molecular formula is C16H14ClN3O6S2. The maximum Gasteiger partial charge on any atom is 0.338 e. The minimum atomic E-state index is -4.03. The third-order valence-corrected chi connectivity index (χ3v) is 6.59. The maximum atomic E-state index is 12.4. The minimum Gasteiger partial charge on any atom is -0.454 e. The predicted octanol–water partition coefficient (Wildman–Crippen LogP) is 2.99. The zero-order chi connectivity index (χ0) is 20.3. The van der Waals surface area contributed by atoms with Crippen LogP contribution < -0.4 is 0 Å². The molecule has 0 saturated carbocycles. The van der Waals surface area contributed by atoms with Gasteiger partial charge in [0, 0.05) is 7.05 Å². The van der Waals surface area contributed by atoms with Gasteiger partial charge in [-0.15, -0.1) is 11.3 Å². The monoisotopic (exact) mass is 443 g/mol. The number of esters is 1. The molecule has 0 aliphatic heterocycles. The average Bonchev–Trinajstić information content (AvgIpc) is 3.37. The quantitative estimate of drug-likeness (QED) is 0.404. The van der Waals surface area contributed by atoms with Crippen molar-refractivity contribution in [2.75, 3.05) is 14.2 Å². The van der Waals surface area contributed by atoms with Crippen molar-refractivity contribution in [3.8, 4) is 10.8 Å². The lowest BCUT2D eigenvalue weighted by atomic mass is 10.2. The van der Waals surface area contributed by atoms with Gasteiger partial charge in [0.25, 0.3) is 15.9 Å². The second-order valence-electron chi connectivity index (χ2n) is 5.31. The molecule has 3 rings (SSSR count). The number of aromatic nitrogens is 2. The van der Waals surface area contributed by atoms with Gasteiger partial charge in [-0.2, -0.15) is 4.98 Å². The van der Waals surface area contributed by atoms with Crippen LogP contribution in [0.4, 0.5) is 0 Å². The molecule has 3 aromatic rings. The summed E-state index contributed by atoms with van der Waals surface area (Å²) in [6.07, 6.45) is 0. The third-order valence-electron chi connectivity index (χ3n) is 3.57. The molecule has 1 aromatic carbocycles. The number of halogens is 1. The highest BCUT2D eigenvalue weighted by atomic mass is 35.5. The molecule has 0 bridgehead atoms. The second kappa shape index (κ2) is 8.37. The average molecular weight is 444 g/mol. The fraction of sp³-hybridized carbons (Fsp3) is 0.188. The summed E-state index contributed by atoms with van der Waals surface area (Å²) in [4.78, 5) is 21.6. The van der Waals surface area contributed by atoms with Gasteiger partial charge in [-0.05, 0) is 29.6 Å². The zero-order valence-corrected chi connectivity index (χ0v) is 17.0. The molecule has 0 radical (unpaired) electrons. The van der Waals surface area contributed by atoms with Crippen molar-refractivity contribution in [3.05, 3.63) is 52.1 Å². The van der Waals surface area contributed by atoms with Gasteiger partial charge in [0.15, 0.2) is 6.61 Å². The number of thiophene rings is 1. The fourth-order valence-corrected chi connectivity index (χ4v) is 4.21. The van der Waals surface area contributed by atoms with E-state index in [0.717, 1.165) is 10.9 Å². The van der Waals surface area contributed by atoms with Crippen molar-refractivity contribution in [2.24, 2.45) is 0 Å². The SMILES string of the molecule is CON(C)S(=O)(=O)c1cc(C(=O)OCc2noc(-c3cccs3)n2)ccc1Cl. The number of sulfonamides is 1. The van der Waals surface area contributed by atoms with E-state index in [0.29, 0.717) is 10.4 Å². The van der Waals surface area contributed by atoms with E-state index in [1.54, 1.807) is 0 Å². The van der Waals surface area contributed by atoms with Crippen molar-refractivity contribution in [3.63, 3.8) is 0 Å². The lowest BCUT2D eigenvalue weighted by Gasteiger charge is -2.15. The number of hydroxylamine groups is 1. The van der Waals surface area contributed by atoms with E-state index in [1.807, 2.05) is 17.5 Å². The molecule has 148 valence electrons. The van der Waals surface area contributed by atoms with Crippen LogP contribution in [0, 0.1) is 0 Å². The summed E-state index contributed by atoms with van der Waals surface area (Å²) in [5.41, 5.74) is -0.00514. The molecule has 0 aliphatic carbocycles. The van der Waals surface area contributed by atoms with Gasteiger partial charge in [-0.1, -0.05) is 27.3 Å². The van der Waals surface area contributed by atoms with Gasteiger partial charge < -0.3 is 9.26 Å². The summed E-state index contributed by atoms with van der Waals surface area (Å²) in [5.74, 6) is -0.267. The van der Waals surface area contributed by atoms with Crippen LogP contribution in [-0.4, -0.2) is 43.2 Å². The van der Waals surface area contributed by atoms with Gasteiger partial charge in [-0.25, -0.2) is 13.2 Å². The van der Waals surface area contributed by atoms with Gasteiger partial charge in [-0.3, -0.25) is 4.84 Å². The number of carbonyl (C=O) groups excluding carboxylic acids is 1. The predicted molar refractivity (Wildman–Crippen MR) is 100 cm³/mol. The topological polar surface area (TPSA) is 112 Å². The van der Waals surface area contributed by atoms with Crippen LogP contribution in [-0.2, 0) is 26.2 Å². The Morgan fingerprint density at radius 3 is 2.82 bits per heavy atom. The van der Waals surface area contributed by atoms with E-state index in [-0.39, 0.29) is 27.9 Å². The molecule has 9 nitrogen and oxygen atoms in total. The largest absolute Gasteiger partial charge is 0.454 e. The number of benzene rings is 1. The molecule has 0 spiro atoms. The van der Waals surface area contributed by atoms with Crippen molar-refractivity contribution >= 4 is 38.9 Å². The molecule has 2 aromatic heterocycles. The highest BCUT2D eigenvalue weighted by Gasteiger charge is 2.25. The Morgan fingerprint density at radius 2 is 2.14 bits per heavy atom. The molecule has 0 fully saturated rings. The Hall–Kier alpha value is -2.31. The zero-order valence-electron chi connectivity index (χ0n) is 14.7. The molecule has 0 amide bonds. The lowest BCUT2D eigenvalue weighted by molar-refractivity contribution is -0.0258. The Kier molecular flexibility index (Phi) is 6.10. The fourth-order valence-electron chi connectivity index (χ4n) is 2.09. The van der Waals surface area contributed by atoms with E-state index in [2.05, 4.69) is 10.1 Å². The summed E-state index contributed by atoms with van der Waals surface area (Å²) in [6.45, 7) is -0.240. The van der Waals surface area contributed by atoms with E-state index in [9.17, 15) is 13.2 Å². The van der Waals surface area contributed by atoms with Crippen LogP contribution in [0.15, 0.2) is 45.1 Å². The molecule has 12 heteroatoms. The highest BCUT2D eigenvalue weighted by molar-refractivity contribution is 7.89. The first kappa shape index (κ1) is 20.4. The third kappa shape index (κ3) is 4.23. The van der Waals surface area contributed by atoms with Gasteiger partial charge >= 0.3 is 5.97 Å². The van der Waals surface area contributed by atoms with E-state index in [1.165, 1.54) is 37.6 Å². The number of hydrogen-bond donors (Lipinski definition) is 0. The van der Waals surface area contributed by atoms with Crippen molar-refractivity contribution < 1.29 is 27.3 Å². The van der Waals surface area contributed by atoms with Crippen LogP contribution in [0.2, 0.25) is 5.02 Å². The Labute approximate surface area is 169 Å². The molecule has 2 heterocycles. The van der Waals surface area contributed by atoms with Crippen LogP contribution in [0.1, 0.15) is 16.2 Å². The number of nitrogens with zero attached hydrogens (tertiary/aromatic N) is 3. The Morgan fingerprint density at radius 1 is 1.36 bits per heavy atom. The van der Waals surface area contributed by atoms with Crippen LogP contribution in [0.25, 0.3) is 10.8 Å². The summed E-state index contributed by atoms with van der Waals surface area (Å²) in [5, 5.41) is 5.56. The Bertz CT molecular complexity index is 1080. The maximum absolute atomic E-state index is 12.4.